The largest absolute Gasteiger partial charge is 0.493 e. The van der Waals surface area contributed by atoms with Crippen molar-refractivity contribution in [1.29, 1.82) is 0 Å². The molecule has 0 bridgehead atoms. The minimum atomic E-state index is -0.556. The number of H-pyrrole nitrogens is 1. The van der Waals surface area contributed by atoms with Crippen LogP contribution >= 0.6 is 0 Å². The first-order valence-corrected chi connectivity index (χ1v) is 18.5. The first-order chi connectivity index (χ1) is 25.9. The van der Waals surface area contributed by atoms with Crippen LogP contribution in [0.1, 0.15) is 48.8 Å². The Bertz CT molecular complexity index is 1920. The number of amides is 1. The average molecular weight is 721 g/mol. The van der Waals surface area contributed by atoms with E-state index in [-0.39, 0.29) is 11.7 Å². The maximum absolute atomic E-state index is 14.4. The third kappa shape index (κ3) is 8.10. The van der Waals surface area contributed by atoms with E-state index >= 15 is 0 Å². The summed E-state index contributed by atoms with van der Waals surface area (Å²) in [6.07, 6.45) is 8.73. The summed E-state index contributed by atoms with van der Waals surface area (Å²) < 4.78 is 30.5. The summed E-state index contributed by atoms with van der Waals surface area (Å²) in [7, 11) is 4.77. The quantitative estimate of drug-likeness (QED) is 0.123. The number of aromatic nitrogens is 3. The maximum Gasteiger partial charge on any atom is 0.229 e. The summed E-state index contributed by atoms with van der Waals surface area (Å²) >= 11 is 0. The predicted octanol–water partition coefficient (Wildman–Crippen LogP) is 7.04. The molecule has 11 heteroatoms. The molecule has 0 saturated carbocycles. The molecule has 1 amide bonds. The van der Waals surface area contributed by atoms with Crippen LogP contribution in [0.5, 0.6) is 17.2 Å². The molecule has 278 valence electrons. The first kappa shape index (κ1) is 36.2. The molecule has 7 rings (SSSR count). The summed E-state index contributed by atoms with van der Waals surface area (Å²) in [5.41, 5.74) is 4.55. The van der Waals surface area contributed by atoms with E-state index in [1.54, 1.807) is 21.3 Å². The van der Waals surface area contributed by atoms with Crippen LogP contribution in [0.4, 0.5) is 10.3 Å². The van der Waals surface area contributed by atoms with E-state index in [0.29, 0.717) is 42.8 Å². The minimum absolute atomic E-state index is 0.145. The van der Waals surface area contributed by atoms with Crippen LogP contribution in [0.15, 0.2) is 85.2 Å². The van der Waals surface area contributed by atoms with E-state index in [1.165, 1.54) is 17.7 Å². The van der Waals surface area contributed by atoms with Crippen LogP contribution in [-0.4, -0.2) is 84.2 Å². The van der Waals surface area contributed by atoms with Crippen molar-refractivity contribution in [2.24, 2.45) is 5.41 Å². The predicted molar refractivity (Wildman–Crippen MR) is 204 cm³/mol. The van der Waals surface area contributed by atoms with E-state index in [9.17, 15) is 9.18 Å². The summed E-state index contributed by atoms with van der Waals surface area (Å²) in [5, 5.41) is 0. The molecule has 2 aliphatic rings. The molecule has 1 atom stereocenters. The molecule has 0 aliphatic carbocycles. The van der Waals surface area contributed by atoms with Crippen molar-refractivity contribution in [3.8, 4) is 17.2 Å². The molecule has 4 heterocycles. The number of nitrogens with zero attached hydrogens (tertiary/aromatic N) is 5. The van der Waals surface area contributed by atoms with Gasteiger partial charge >= 0.3 is 0 Å². The van der Waals surface area contributed by atoms with Gasteiger partial charge in [-0.1, -0.05) is 24.3 Å². The number of anilines is 1. The van der Waals surface area contributed by atoms with Gasteiger partial charge in [-0.3, -0.25) is 9.78 Å². The fourth-order valence-electron chi connectivity index (χ4n) is 8.20. The number of aromatic amines is 1. The number of benzene rings is 3. The van der Waals surface area contributed by atoms with Crippen LogP contribution < -0.4 is 19.1 Å². The number of hydrogen-bond acceptors (Lipinski definition) is 8. The number of para-hydroxylation sites is 2. The van der Waals surface area contributed by atoms with Crippen molar-refractivity contribution in [1.82, 2.24) is 24.8 Å². The van der Waals surface area contributed by atoms with Gasteiger partial charge in [0, 0.05) is 51.2 Å². The molecule has 1 N–H and O–H groups in total. The number of hydrogen-bond donors (Lipinski definition) is 1. The van der Waals surface area contributed by atoms with Crippen LogP contribution in [0.3, 0.4) is 0 Å². The third-order valence-electron chi connectivity index (χ3n) is 11.0. The fourth-order valence-corrected chi connectivity index (χ4v) is 8.20. The molecule has 2 aromatic heterocycles. The molecular weight excluding hydrogens is 671 g/mol. The van der Waals surface area contributed by atoms with E-state index in [4.69, 9.17) is 19.2 Å². The highest BCUT2D eigenvalue weighted by molar-refractivity contribution is 5.85. The van der Waals surface area contributed by atoms with Gasteiger partial charge in [0.2, 0.25) is 17.6 Å². The van der Waals surface area contributed by atoms with Crippen molar-refractivity contribution in [3.05, 3.63) is 108 Å². The van der Waals surface area contributed by atoms with E-state index in [0.717, 1.165) is 86.4 Å². The zero-order valence-corrected chi connectivity index (χ0v) is 30.9. The lowest BCUT2D eigenvalue weighted by Gasteiger charge is -2.39. The van der Waals surface area contributed by atoms with Gasteiger partial charge in [0.05, 0.1) is 37.8 Å². The van der Waals surface area contributed by atoms with Crippen molar-refractivity contribution >= 4 is 22.9 Å². The molecule has 1 unspecified atom stereocenters. The number of piperidine rings is 1. The number of imidazole rings is 1. The number of nitrogens with one attached hydrogen (secondary N) is 1. The van der Waals surface area contributed by atoms with E-state index in [2.05, 4.69) is 38.0 Å². The summed E-state index contributed by atoms with van der Waals surface area (Å²) in [4.78, 5) is 34.1. The van der Waals surface area contributed by atoms with Gasteiger partial charge in [0.25, 0.3) is 0 Å². The topological polar surface area (TPSA) is 96.1 Å². The smallest absolute Gasteiger partial charge is 0.229 e. The standard InChI is InChI=1S/C42H49FN6O4/c1-51-37-25-32(26-38(52-2)39(37)53-3)28-48-24-18-42(40(48)50,27-30-9-11-33(43)12-10-30)17-6-21-47-22-15-34(16-23-47)49(29-31-13-19-44-20-14-31)41-45-35-7-4-5-8-36(35)46-41/h4-5,7-14,19-20,25-26,34H,6,15-18,21-24,27-29H2,1-3H3,(H,45,46). The molecule has 0 spiro atoms. The van der Waals surface area contributed by atoms with Crippen molar-refractivity contribution in [2.75, 3.05) is 52.4 Å². The zero-order valence-electron chi connectivity index (χ0n) is 30.9. The molecule has 53 heavy (non-hydrogen) atoms. The fraction of sp³-hybridized carbons (Fsp3) is 0.405. The molecule has 2 fully saturated rings. The Morgan fingerprint density at radius 3 is 2.28 bits per heavy atom. The van der Waals surface area contributed by atoms with Crippen LogP contribution in [0.2, 0.25) is 0 Å². The highest BCUT2D eigenvalue weighted by atomic mass is 19.1. The number of rotatable bonds is 15. The van der Waals surface area contributed by atoms with Crippen LogP contribution in [0, 0.1) is 11.2 Å². The second-order valence-corrected chi connectivity index (χ2v) is 14.3. The molecule has 2 aliphatic heterocycles. The van der Waals surface area contributed by atoms with Crippen molar-refractivity contribution in [2.45, 2.75) is 57.7 Å². The van der Waals surface area contributed by atoms with E-state index in [1.807, 2.05) is 59.8 Å². The number of halogens is 1. The van der Waals surface area contributed by atoms with Gasteiger partial charge in [-0.25, -0.2) is 9.37 Å². The van der Waals surface area contributed by atoms with Crippen LogP contribution in [0.25, 0.3) is 11.0 Å². The Balaban J connectivity index is 1.02. The number of ether oxygens (including phenoxy) is 3. The number of carbonyl (C=O) groups is 1. The molecule has 0 radical (unpaired) electrons. The lowest BCUT2D eigenvalue weighted by atomic mass is 9.76. The molecule has 5 aromatic rings. The summed E-state index contributed by atoms with van der Waals surface area (Å²) in [5.74, 6) is 2.43. The number of carbonyl (C=O) groups excluding carboxylic acids is 1. The van der Waals surface area contributed by atoms with Gasteiger partial charge in [0.15, 0.2) is 11.5 Å². The number of fused-ring (bicyclic) bond motifs is 1. The van der Waals surface area contributed by atoms with Crippen molar-refractivity contribution < 1.29 is 23.4 Å². The highest BCUT2D eigenvalue weighted by Crippen LogP contribution is 2.43. The number of pyridine rings is 1. The Labute approximate surface area is 310 Å². The first-order valence-electron chi connectivity index (χ1n) is 18.5. The highest BCUT2D eigenvalue weighted by Gasteiger charge is 2.46. The summed E-state index contributed by atoms with van der Waals surface area (Å²) in [6, 6.07) is 23.1. The average Bonchev–Trinajstić information content (AvgIpc) is 3.75. The maximum atomic E-state index is 14.4. The lowest BCUT2D eigenvalue weighted by molar-refractivity contribution is -0.137. The Kier molecular flexibility index (Phi) is 11.1. The SMILES string of the molecule is COc1cc(CN2CCC(CCCN3CCC(N(Cc4ccncc4)c4nc5ccccc5[nH]4)CC3)(Cc3ccc(F)cc3)C2=O)cc(OC)c1OC. The van der Waals surface area contributed by atoms with E-state index < -0.39 is 5.41 Å². The lowest BCUT2D eigenvalue weighted by Crippen LogP contribution is -2.45. The Morgan fingerprint density at radius 1 is 0.887 bits per heavy atom. The zero-order chi connectivity index (χ0) is 36.8. The molecule has 10 nitrogen and oxygen atoms in total. The Hall–Kier alpha value is -5.16. The van der Waals surface area contributed by atoms with Gasteiger partial charge in [-0.2, -0.15) is 0 Å². The van der Waals surface area contributed by atoms with Gasteiger partial charge < -0.3 is 33.9 Å². The van der Waals surface area contributed by atoms with Crippen molar-refractivity contribution in [3.63, 3.8) is 0 Å². The van der Waals surface area contributed by atoms with Gasteiger partial charge in [-0.05, 0) is 110 Å². The monoisotopic (exact) mass is 720 g/mol. The minimum Gasteiger partial charge on any atom is -0.493 e. The second-order valence-electron chi connectivity index (χ2n) is 14.3. The summed E-state index contributed by atoms with van der Waals surface area (Å²) in [6.45, 7) is 4.72. The number of methoxy groups -OCH3 is 3. The normalized spacial score (nSPS) is 18.1. The van der Waals surface area contributed by atoms with Gasteiger partial charge in [0.1, 0.15) is 5.82 Å². The van der Waals surface area contributed by atoms with Crippen LogP contribution in [-0.2, 0) is 24.3 Å². The third-order valence-corrected chi connectivity index (χ3v) is 11.0. The Morgan fingerprint density at radius 2 is 1.60 bits per heavy atom. The second kappa shape index (κ2) is 16.2. The molecule has 2 saturated heterocycles. The molecular formula is C42H49FN6O4. The molecule has 3 aromatic carbocycles. The number of likely N-dealkylation sites (tertiary alicyclic amines) is 2. The van der Waals surface area contributed by atoms with Gasteiger partial charge in [-0.15, -0.1) is 0 Å².